The molecule has 4 heterocycles. The van der Waals surface area contributed by atoms with Crippen LogP contribution < -0.4 is 20.7 Å². The number of rotatable bonds is 5. The number of piperidine rings is 1. The van der Waals surface area contributed by atoms with Crippen molar-refractivity contribution in [3.05, 3.63) is 65.1 Å². The van der Waals surface area contributed by atoms with Gasteiger partial charge in [-0.05, 0) is 79.7 Å². The maximum Gasteiger partial charge on any atom is 0.281 e. The van der Waals surface area contributed by atoms with Crippen LogP contribution in [-0.2, 0) is 0 Å². The van der Waals surface area contributed by atoms with Crippen LogP contribution in [0.1, 0.15) is 45.8 Å². The molecule has 33 heavy (non-hydrogen) atoms. The average molecular weight is 442 g/mol. The number of carbonyl (C=O) groups is 1. The molecule has 0 saturated carbocycles. The highest BCUT2D eigenvalue weighted by molar-refractivity contribution is 6.05. The van der Waals surface area contributed by atoms with E-state index in [4.69, 9.17) is 9.72 Å². The van der Waals surface area contributed by atoms with Gasteiger partial charge in [-0.1, -0.05) is 6.07 Å². The Morgan fingerprint density at radius 3 is 2.73 bits per heavy atom. The number of hydrogen-bond donors (Lipinski definition) is 2. The number of nitrogens with zero attached hydrogens (tertiary/aromatic N) is 4. The predicted octanol–water partition coefficient (Wildman–Crippen LogP) is 3.80. The van der Waals surface area contributed by atoms with Crippen LogP contribution in [0.5, 0.6) is 5.88 Å². The third kappa shape index (κ3) is 4.29. The molecular formula is C25H25N6O2. The predicted molar refractivity (Wildman–Crippen MR) is 127 cm³/mol. The number of ether oxygens (including phenoxy) is 1. The second-order valence-corrected chi connectivity index (χ2v) is 8.24. The van der Waals surface area contributed by atoms with Crippen LogP contribution in [0.4, 0.5) is 11.5 Å². The molecule has 3 aromatic rings. The van der Waals surface area contributed by atoms with Crippen LogP contribution >= 0.6 is 0 Å². The zero-order valence-corrected chi connectivity index (χ0v) is 18.6. The van der Waals surface area contributed by atoms with Gasteiger partial charge < -0.3 is 15.4 Å². The minimum absolute atomic E-state index is 0.325. The molecule has 2 aliphatic heterocycles. The summed E-state index contributed by atoms with van der Waals surface area (Å²) < 4.78 is 5.20. The molecule has 0 atom stereocenters. The zero-order chi connectivity index (χ0) is 22.8. The van der Waals surface area contributed by atoms with Gasteiger partial charge in [-0.2, -0.15) is 0 Å². The normalized spacial score (nSPS) is 15.6. The monoisotopic (exact) mass is 441 g/mol. The molecule has 0 bridgehead atoms. The molecule has 5 rings (SSSR count). The molecule has 0 spiro atoms. The molecule has 2 aliphatic rings. The number of aromatic nitrogens is 3. The van der Waals surface area contributed by atoms with E-state index in [9.17, 15) is 4.79 Å². The maximum atomic E-state index is 12.6. The number of pyridine rings is 1. The van der Waals surface area contributed by atoms with Crippen molar-refractivity contribution in [3.63, 3.8) is 0 Å². The molecule has 1 fully saturated rings. The van der Waals surface area contributed by atoms with Gasteiger partial charge in [0.2, 0.25) is 5.88 Å². The highest BCUT2D eigenvalue weighted by atomic mass is 16.5. The minimum atomic E-state index is -0.325. The molecular weight excluding hydrogens is 416 g/mol. The number of fused-ring (bicyclic) bond motifs is 1. The minimum Gasteiger partial charge on any atom is -0.480 e. The van der Waals surface area contributed by atoms with Crippen molar-refractivity contribution in [3.8, 4) is 17.3 Å². The van der Waals surface area contributed by atoms with Gasteiger partial charge in [-0.3, -0.25) is 9.78 Å². The van der Waals surface area contributed by atoms with Gasteiger partial charge in [-0.15, -0.1) is 0 Å². The van der Waals surface area contributed by atoms with Crippen LogP contribution in [0.3, 0.4) is 0 Å². The van der Waals surface area contributed by atoms with Crippen LogP contribution in [0, 0.1) is 6.92 Å². The number of anilines is 2. The lowest BCUT2D eigenvalue weighted by Gasteiger charge is -2.25. The highest BCUT2D eigenvalue weighted by Gasteiger charge is 2.23. The van der Waals surface area contributed by atoms with Crippen LogP contribution in [0.15, 0.2) is 42.9 Å². The fourth-order valence-corrected chi connectivity index (χ4v) is 4.44. The fraction of sp³-hybridized carbons (Fsp3) is 0.280. The first-order chi connectivity index (χ1) is 16.1. The zero-order valence-electron chi connectivity index (χ0n) is 18.6. The standard InChI is InChI=1S/C25H25N6O2/c1-15-11-18(3-4-19(15)16-5-8-26-9-6-16)29-24-23-17(7-10-28-25(23)32)12-20(31-24)21-13-27-14-22(30-21)33-2/h3-4,7,10-14,16,26H,5-6,8-9H2,1-2H3,(H,29,31). The van der Waals surface area contributed by atoms with E-state index in [1.54, 1.807) is 19.4 Å². The summed E-state index contributed by atoms with van der Waals surface area (Å²) >= 11 is 0. The second-order valence-electron chi connectivity index (χ2n) is 8.24. The molecule has 1 radical (unpaired) electrons. The second kappa shape index (κ2) is 8.99. The lowest BCUT2D eigenvalue weighted by Crippen LogP contribution is -2.26. The average Bonchev–Trinajstić information content (AvgIpc) is 2.84. The molecule has 1 amide bonds. The van der Waals surface area contributed by atoms with Crippen molar-refractivity contribution in [1.82, 2.24) is 25.6 Å². The molecule has 8 nitrogen and oxygen atoms in total. The quantitative estimate of drug-likeness (QED) is 0.621. The van der Waals surface area contributed by atoms with Crippen LogP contribution in [-0.4, -0.2) is 41.1 Å². The van der Waals surface area contributed by atoms with E-state index in [1.165, 1.54) is 23.5 Å². The first kappa shape index (κ1) is 21.1. The van der Waals surface area contributed by atoms with E-state index in [1.807, 2.05) is 6.07 Å². The lowest BCUT2D eigenvalue weighted by atomic mass is 9.87. The summed E-state index contributed by atoms with van der Waals surface area (Å²) in [6.07, 6.45) is 8.76. The van der Waals surface area contributed by atoms with Gasteiger partial charge >= 0.3 is 0 Å². The summed E-state index contributed by atoms with van der Waals surface area (Å²) in [5, 5.41) is 10.7. The summed E-state index contributed by atoms with van der Waals surface area (Å²) in [7, 11) is 1.54. The highest BCUT2D eigenvalue weighted by Crippen LogP contribution is 2.33. The van der Waals surface area contributed by atoms with Gasteiger partial charge in [0, 0.05) is 11.9 Å². The van der Waals surface area contributed by atoms with E-state index >= 15 is 0 Å². The third-order valence-electron chi connectivity index (χ3n) is 6.11. The van der Waals surface area contributed by atoms with Crippen LogP contribution in [0.25, 0.3) is 17.5 Å². The van der Waals surface area contributed by atoms with Crippen molar-refractivity contribution < 1.29 is 9.53 Å². The third-order valence-corrected chi connectivity index (χ3v) is 6.11. The molecule has 1 saturated heterocycles. The SMILES string of the molecule is COc1cncc(-c2cc3c(c(Nc4ccc(C5CCNCC5)c(C)c4)n2)C(=O)[N]C=C3)n1. The van der Waals surface area contributed by atoms with Crippen LogP contribution in [0.2, 0.25) is 0 Å². The summed E-state index contributed by atoms with van der Waals surface area (Å²) in [6.45, 7) is 4.25. The van der Waals surface area contributed by atoms with Gasteiger partial charge in [0.15, 0.2) is 0 Å². The van der Waals surface area contributed by atoms with Gasteiger partial charge in [-0.25, -0.2) is 15.3 Å². The van der Waals surface area contributed by atoms with E-state index in [0.717, 1.165) is 37.2 Å². The van der Waals surface area contributed by atoms with E-state index < -0.39 is 0 Å². The Hall–Kier alpha value is -3.78. The van der Waals surface area contributed by atoms with E-state index in [-0.39, 0.29) is 5.91 Å². The molecule has 2 aromatic heterocycles. The van der Waals surface area contributed by atoms with Gasteiger partial charge in [0.1, 0.15) is 11.5 Å². The number of hydrogen-bond acceptors (Lipinski definition) is 7. The Labute approximate surface area is 192 Å². The Morgan fingerprint density at radius 2 is 1.94 bits per heavy atom. The van der Waals surface area contributed by atoms with E-state index in [2.05, 4.69) is 51.0 Å². The topological polar surface area (TPSA) is 103 Å². The van der Waals surface area contributed by atoms with Crippen molar-refractivity contribution in [2.24, 2.45) is 0 Å². The first-order valence-corrected chi connectivity index (χ1v) is 11.0. The summed E-state index contributed by atoms with van der Waals surface area (Å²) in [4.78, 5) is 26.0. The van der Waals surface area contributed by atoms with Gasteiger partial charge in [0.05, 0.1) is 30.8 Å². The number of methoxy groups -OCH3 is 1. The van der Waals surface area contributed by atoms with Gasteiger partial charge in [0.25, 0.3) is 5.91 Å². The number of nitrogens with one attached hydrogen (secondary N) is 2. The molecule has 1 aromatic carbocycles. The fourth-order valence-electron chi connectivity index (χ4n) is 4.44. The summed E-state index contributed by atoms with van der Waals surface area (Å²) in [6, 6.07) is 8.17. The maximum absolute atomic E-state index is 12.6. The summed E-state index contributed by atoms with van der Waals surface area (Å²) in [5.41, 5.74) is 5.80. The van der Waals surface area contributed by atoms with Crippen molar-refractivity contribution in [2.75, 3.05) is 25.5 Å². The number of amides is 1. The largest absolute Gasteiger partial charge is 0.480 e. The molecule has 0 unspecified atom stereocenters. The number of carbonyl (C=O) groups excluding carboxylic acids is 1. The number of aryl methyl sites for hydroxylation is 1. The Balaban J connectivity index is 1.52. The molecule has 167 valence electrons. The van der Waals surface area contributed by atoms with Crippen molar-refractivity contribution >= 4 is 23.5 Å². The Kier molecular flexibility index (Phi) is 5.75. The lowest BCUT2D eigenvalue weighted by molar-refractivity contribution is 0.0965. The summed E-state index contributed by atoms with van der Waals surface area (Å²) in [5.74, 6) is 1.09. The first-order valence-electron chi connectivity index (χ1n) is 11.0. The molecule has 2 N–H and O–H groups in total. The molecule has 8 heteroatoms. The number of benzene rings is 1. The van der Waals surface area contributed by atoms with Crippen molar-refractivity contribution in [1.29, 1.82) is 0 Å². The molecule has 0 aliphatic carbocycles. The Morgan fingerprint density at radius 1 is 1.09 bits per heavy atom. The Bertz CT molecular complexity index is 1230. The van der Waals surface area contributed by atoms with E-state index in [0.29, 0.717) is 34.6 Å². The van der Waals surface area contributed by atoms with Crippen molar-refractivity contribution in [2.45, 2.75) is 25.7 Å². The smallest absolute Gasteiger partial charge is 0.281 e.